The molecular formula is C14H16N2O2. The normalized spacial score (nSPS) is 10.7. The molecule has 4 nitrogen and oxygen atoms in total. The SMILES string of the molecule is O=C(O)CCCNCc1ccc2cnccc2c1. The van der Waals surface area contributed by atoms with Crippen molar-refractivity contribution in [3.63, 3.8) is 0 Å². The third kappa shape index (κ3) is 3.53. The molecule has 2 N–H and O–H groups in total. The number of benzene rings is 1. The fourth-order valence-electron chi connectivity index (χ4n) is 1.84. The highest BCUT2D eigenvalue weighted by Gasteiger charge is 1.98. The average Bonchev–Trinajstić information content (AvgIpc) is 2.38. The van der Waals surface area contributed by atoms with Gasteiger partial charge in [-0.15, -0.1) is 0 Å². The predicted molar refractivity (Wildman–Crippen MR) is 70.3 cm³/mol. The van der Waals surface area contributed by atoms with Crippen molar-refractivity contribution in [1.82, 2.24) is 10.3 Å². The number of nitrogens with one attached hydrogen (secondary N) is 1. The number of pyridine rings is 1. The maximum absolute atomic E-state index is 10.3. The van der Waals surface area contributed by atoms with Gasteiger partial charge in [0.05, 0.1) is 0 Å². The lowest BCUT2D eigenvalue weighted by Gasteiger charge is -2.05. The Hall–Kier alpha value is -1.94. The summed E-state index contributed by atoms with van der Waals surface area (Å²) in [6.45, 7) is 1.48. The molecule has 0 aliphatic carbocycles. The highest BCUT2D eigenvalue weighted by atomic mass is 16.4. The number of aromatic nitrogens is 1. The fourth-order valence-corrected chi connectivity index (χ4v) is 1.84. The van der Waals surface area contributed by atoms with Gasteiger partial charge in [-0.25, -0.2) is 0 Å². The van der Waals surface area contributed by atoms with Gasteiger partial charge in [-0.1, -0.05) is 12.1 Å². The number of nitrogens with zero attached hydrogens (tertiary/aromatic N) is 1. The first-order valence-electron chi connectivity index (χ1n) is 6.01. The molecule has 0 bridgehead atoms. The molecular weight excluding hydrogens is 228 g/mol. The van der Waals surface area contributed by atoms with E-state index in [1.165, 1.54) is 10.9 Å². The van der Waals surface area contributed by atoms with E-state index < -0.39 is 5.97 Å². The highest BCUT2D eigenvalue weighted by molar-refractivity contribution is 5.81. The summed E-state index contributed by atoms with van der Waals surface area (Å²) in [5, 5.41) is 14.1. The zero-order valence-electron chi connectivity index (χ0n) is 10.1. The number of carboxylic acids is 1. The van der Waals surface area contributed by atoms with Crippen LogP contribution in [0, 0.1) is 0 Å². The van der Waals surface area contributed by atoms with E-state index in [1.54, 1.807) is 6.20 Å². The predicted octanol–water partition coefficient (Wildman–Crippen LogP) is 2.19. The molecule has 94 valence electrons. The molecule has 0 aliphatic rings. The van der Waals surface area contributed by atoms with Crippen molar-refractivity contribution in [3.8, 4) is 0 Å². The minimum Gasteiger partial charge on any atom is -0.481 e. The molecule has 1 aromatic heterocycles. The van der Waals surface area contributed by atoms with Crippen molar-refractivity contribution in [1.29, 1.82) is 0 Å². The van der Waals surface area contributed by atoms with Crippen LogP contribution in [0.25, 0.3) is 10.8 Å². The summed E-state index contributed by atoms with van der Waals surface area (Å²) in [6.07, 6.45) is 4.51. The Labute approximate surface area is 106 Å². The summed E-state index contributed by atoms with van der Waals surface area (Å²) in [5.41, 5.74) is 1.20. The van der Waals surface area contributed by atoms with E-state index in [4.69, 9.17) is 5.11 Å². The third-order valence-corrected chi connectivity index (χ3v) is 2.78. The van der Waals surface area contributed by atoms with Crippen LogP contribution in [0.1, 0.15) is 18.4 Å². The van der Waals surface area contributed by atoms with Crippen LogP contribution >= 0.6 is 0 Å². The number of hydrogen-bond donors (Lipinski definition) is 2. The topological polar surface area (TPSA) is 62.2 Å². The molecule has 2 aromatic rings. The summed E-state index contributed by atoms with van der Waals surface area (Å²) >= 11 is 0. The lowest BCUT2D eigenvalue weighted by molar-refractivity contribution is -0.137. The van der Waals surface area contributed by atoms with Gasteiger partial charge < -0.3 is 10.4 Å². The van der Waals surface area contributed by atoms with E-state index in [0.717, 1.165) is 18.5 Å². The summed E-state index contributed by atoms with van der Waals surface area (Å²) in [7, 11) is 0. The van der Waals surface area contributed by atoms with Gasteiger partial charge in [0.1, 0.15) is 0 Å². The van der Waals surface area contributed by atoms with Crippen LogP contribution in [-0.4, -0.2) is 22.6 Å². The second kappa shape index (κ2) is 6.12. The summed E-state index contributed by atoms with van der Waals surface area (Å²) in [6, 6.07) is 8.23. The minimum atomic E-state index is -0.741. The number of carbonyl (C=O) groups is 1. The molecule has 0 saturated heterocycles. The van der Waals surface area contributed by atoms with Crippen LogP contribution in [0.5, 0.6) is 0 Å². The van der Waals surface area contributed by atoms with E-state index in [-0.39, 0.29) is 6.42 Å². The van der Waals surface area contributed by atoms with Gasteiger partial charge in [-0.3, -0.25) is 9.78 Å². The van der Waals surface area contributed by atoms with Gasteiger partial charge in [-0.2, -0.15) is 0 Å². The zero-order chi connectivity index (χ0) is 12.8. The molecule has 18 heavy (non-hydrogen) atoms. The van der Waals surface area contributed by atoms with Crippen LogP contribution in [0.15, 0.2) is 36.7 Å². The van der Waals surface area contributed by atoms with Gasteiger partial charge in [0, 0.05) is 30.7 Å². The Balaban J connectivity index is 1.86. The van der Waals surface area contributed by atoms with E-state index in [9.17, 15) is 4.79 Å². The maximum Gasteiger partial charge on any atom is 0.303 e. The van der Waals surface area contributed by atoms with Crippen molar-refractivity contribution in [3.05, 3.63) is 42.2 Å². The van der Waals surface area contributed by atoms with Crippen molar-refractivity contribution in [2.45, 2.75) is 19.4 Å². The Kier molecular flexibility index (Phi) is 4.25. The zero-order valence-corrected chi connectivity index (χ0v) is 10.1. The number of aliphatic carboxylic acids is 1. The van der Waals surface area contributed by atoms with E-state index in [2.05, 4.69) is 28.5 Å². The molecule has 0 unspecified atom stereocenters. The fraction of sp³-hybridized carbons (Fsp3) is 0.286. The molecule has 1 heterocycles. The van der Waals surface area contributed by atoms with Gasteiger partial charge in [0.2, 0.25) is 0 Å². The van der Waals surface area contributed by atoms with Crippen LogP contribution in [0.2, 0.25) is 0 Å². The maximum atomic E-state index is 10.3. The summed E-state index contributed by atoms with van der Waals surface area (Å²) in [4.78, 5) is 14.4. The van der Waals surface area contributed by atoms with E-state index in [0.29, 0.717) is 6.42 Å². The molecule has 1 aromatic carbocycles. The van der Waals surface area contributed by atoms with Gasteiger partial charge >= 0.3 is 5.97 Å². The number of hydrogen-bond acceptors (Lipinski definition) is 3. The van der Waals surface area contributed by atoms with Gasteiger partial charge in [-0.05, 0) is 36.0 Å². The Bertz CT molecular complexity index is 540. The number of carboxylic acid groups (broad SMARTS) is 1. The standard InChI is InChI=1S/C14H16N2O2/c17-14(18)2-1-6-15-9-11-3-4-13-10-16-7-5-12(13)8-11/h3-5,7-8,10,15H,1-2,6,9H2,(H,17,18). The van der Waals surface area contributed by atoms with E-state index in [1.807, 2.05) is 12.3 Å². The van der Waals surface area contributed by atoms with Gasteiger partial charge in [0.25, 0.3) is 0 Å². The molecule has 0 saturated carbocycles. The largest absolute Gasteiger partial charge is 0.481 e. The minimum absolute atomic E-state index is 0.219. The second-order valence-corrected chi connectivity index (χ2v) is 4.23. The second-order valence-electron chi connectivity index (χ2n) is 4.23. The summed E-state index contributed by atoms with van der Waals surface area (Å²) in [5.74, 6) is -0.741. The molecule has 0 atom stereocenters. The van der Waals surface area contributed by atoms with Crippen LogP contribution in [0.3, 0.4) is 0 Å². The molecule has 0 spiro atoms. The van der Waals surface area contributed by atoms with Crippen LogP contribution in [-0.2, 0) is 11.3 Å². The third-order valence-electron chi connectivity index (χ3n) is 2.78. The first kappa shape index (κ1) is 12.5. The molecule has 0 radical (unpaired) electrons. The molecule has 0 amide bonds. The first-order valence-corrected chi connectivity index (χ1v) is 6.01. The molecule has 0 fully saturated rings. The average molecular weight is 244 g/mol. The first-order chi connectivity index (χ1) is 8.75. The number of fused-ring (bicyclic) bond motifs is 1. The monoisotopic (exact) mass is 244 g/mol. The lowest BCUT2D eigenvalue weighted by atomic mass is 10.1. The quantitative estimate of drug-likeness (QED) is 0.765. The molecule has 2 rings (SSSR count). The van der Waals surface area contributed by atoms with Crippen LogP contribution < -0.4 is 5.32 Å². The smallest absolute Gasteiger partial charge is 0.303 e. The van der Waals surface area contributed by atoms with E-state index >= 15 is 0 Å². The molecule has 0 aliphatic heterocycles. The Morgan fingerprint density at radius 1 is 1.28 bits per heavy atom. The van der Waals surface area contributed by atoms with Crippen molar-refractivity contribution in [2.24, 2.45) is 0 Å². The lowest BCUT2D eigenvalue weighted by Crippen LogP contribution is -2.15. The number of rotatable bonds is 6. The summed E-state index contributed by atoms with van der Waals surface area (Å²) < 4.78 is 0. The molecule has 4 heteroatoms. The highest BCUT2D eigenvalue weighted by Crippen LogP contribution is 2.14. The van der Waals surface area contributed by atoms with Crippen molar-refractivity contribution < 1.29 is 9.90 Å². The van der Waals surface area contributed by atoms with Gasteiger partial charge in [0.15, 0.2) is 0 Å². The Morgan fingerprint density at radius 3 is 3.00 bits per heavy atom. The van der Waals surface area contributed by atoms with Crippen molar-refractivity contribution in [2.75, 3.05) is 6.54 Å². The van der Waals surface area contributed by atoms with Crippen molar-refractivity contribution >= 4 is 16.7 Å². The van der Waals surface area contributed by atoms with Crippen LogP contribution in [0.4, 0.5) is 0 Å². The Morgan fingerprint density at radius 2 is 2.17 bits per heavy atom.